The number of nitrogens with zero attached hydrogens (tertiary/aromatic N) is 3. The second-order valence-corrected chi connectivity index (χ2v) is 5.35. The topological polar surface area (TPSA) is 75.6 Å². The van der Waals surface area contributed by atoms with E-state index in [9.17, 15) is 4.79 Å². The Bertz CT molecular complexity index is 771. The zero-order chi connectivity index (χ0) is 14.8. The standard InChI is InChI=1S/C15H17N5O/c1-10(2)9-20-8-7-18-15(20)19-14(21)13-11-3-5-16-12(11)4-6-17-13/h3-8,10,16H,9H2,1-2H3,(H,18,19,21). The third-order valence-corrected chi connectivity index (χ3v) is 3.20. The average molecular weight is 283 g/mol. The molecule has 3 rings (SSSR count). The fraction of sp³-hybridized carbons (Fsp3) is 0.267. The van der Waals surface area contributed by atoms with Gasteiger partial charge in [-0.15, -0.1) is 0 Å². The summed E-state index contributed by atoms with van der Waals surface area (Å²) in [5.41, 5.74) is 1.29. The number of amides is 1. The van der Waals surface area contributed by atoms with Gasteiger partial charge in [0.2, 0.25) is 5.95 Å². The van der Waals surface area contributed by atoms with Crippen molar-refractivity contribution in [2.75, 3.05) is 5.32 Å². The molecule has 3 aromatic rings. The minimum Gasteiger partial charge on any atom is -0.361 e. The van der Waals surface area contributed by atoms with Gasteiger partial charge in [0.15, 0.2) is 0 Å². The molecule has 0 spiro atoms. The number of aromatic nitrogens is 4. The SMILES string of the molecule is CC(C)Cn1ccnc1NC(=O)c1nccc2[nH]ccc12. The maximum Gasteiger partial charge on any atom is 0.277 e. The molecule has 0 saturated heterocycles. The number of hydrogen-bond donors (Lipinski definition) is 2. The normalized spacial score (nSPS) is 11.2. The minimum atomic E-state index is -0.253. The highest BCUT2D eigenvalue weighted by Gasteiger charge is 2.15. The van der Waals surface area contributed by atoms with E-state index < -0.39 is 0 Å². The van der Waals surface area contributed by atoms with Crippen LogP contribution in [0.3, 0.4) is 0 Å². The summed E-state index contributed by atoms with van der Waals surface area (Å²) in [7, 11) is 0. The zero-order valence-electron chi connectivity index (χ0n) is 12.0. The molecule has 6 nitrogen and oxygen atoms in total. The van der Waals surface area contributed by atoms with E-state index in [0.29, 0.717) is 17.6 Å². The maximum atomic E-state index is 12.4. The van der Waals surface area contributed by atoms with Crippen LogP contribution < -0.4 is 5.32 Å². The van der Waals surface area contributed by atoms with Crippen LogP contribution >= 0.6 is 0 Å². The van der Waals surface area contributed by atoms with E-state index in [1.54, 1.807) is 18.6 Å². The lowest BCUT2D eigenvalue weighted by Crippen LogP contribution is -2.18. The summed E-state index contributed by atoms with van der Waals surface area (Å²) in [5, 5.41) is 3.63. The second-order valence-electron chi connectivity index (χ2n) is 5.35. The summed E-state index contributed by atoms with van der Waals surface area (Å²) < 4.78 is 1.93. The predicted molar refractivity (Wildman–Crippen MR) is 81.1 cm³/mol. The number of carbonyl (C=O) groups excluding carboxylic acids is 1. The van der Waals surface area contributed by atoms with Gasteiger partial charge in [-0.2, -0.15) is 0 Å². The van der Waals surface area contributed by atoms with Crippen molar-refractivity contribution in [2.45, 2.75) is 20.4 Å². The van der Waals surface area contributed by atoms with Crippen LogP contribution in [0.15, 0.2) is 36.9 Å². The number of aromatic amines is 1. The van der Waals surface area contributed by atoms with Crippen molar-refractivity contribution in [3.63, 3.8) is 0 Å². The van der Waals surface area contributed by atoms with Crippen molar-refractivity contribution in [1.82, 2.24) is 19.5 Å². The van der Waals surface area contributed by atoms with Gasteiger partial charge in [-0.25, -0.2) is 4.98 Å². The van der Waals surface area contributed by atoms with Crippen molar-refractivity contribution >= 4 is 22.8 Å². The molecule has 0 aromatic carbocycles. The molecule has 2 N–H and O–H groups in total. The van der Waals surface area contributed by atoms with Gasteiger partial charge in [0.05, 0.1) is 0 Å². The molecule has 0 aliphatic carbocycles. The van der Waals surface area contributed by atoms with Crippen molar-refractivity contribution in [3.8, 4) is 0 Å². The third-order valence-electron chi connectivity index (χ3n) is 3.20. The first-order chi connectivity index (χ1) is 10.1. The van der Waals surface area contributed by atoms with Gasteiger partial charge in [-0.05, 0) is 18.1 Å². The molecular weight excluding hydrogens is 266 g/mol. The third kappa shape index (κ3) is 2.65. The summed E-state index contributed by atoms with van der Waals surface area (Å²) in [6, 6.07) is 3.68. The summed E-state index contributed by atoms with van der Waals surface area (Å²) in [5.74, 6) is 0.764. The average Bonchev–Trinajstić information content (AvgIpc) is 3.07. The number of hydrogen-bond acceptors (Lipinski definition) is 3. The van der Waals surface area contributed by atoms with E-state index in [4.69, 9.17) is 0 Å². The fourth-order valence-corrected chi connectivity index (χ4v) is 2.30. The number of nitrogens with one attached hydrogen (secondary N) is 2. The van der Waals surface area contributed by atoms with Gasteiger partial charge >= 0.3 is 0 Å². The second kappa shape index (κ2) is 5.40. The smallest absolute Gasteiger partial charge is 0.277 e. The highest BCUT2D eigenvalue weighted by atomic mass is 16.2. The first-order valence-electron chi connectivity index (χ1n) is 6.89. The van der Waals surface area contributed by atoms with Gasteiger partial charge in [-0.1, -0.05) is 13.8 Å². The van der Waals surface area contributed by atoms with E-state index in [0.717, 1.165) is 17.4 Å². The Morgan fingerprint density at radius 2 is 2.19 bits per heavy atom. The molecule has 0 fully saturated rings. The molecule has 1 amide bonds. The minimum absolute atomic E-state index is 0.253. The van der Waals surface area contributed by atoms with E-state index in [2.05, 4.69) is 34.1 Å². The number of carbonyl (C=O) groups is 1. The maximum absolute atomic E-state index is 12.4. The van der Waals surface area contributed by atoms with Crippen LogP contribution in [0.1, 0.15) is 24.3 Å². The van der Waals surface area contributed by atoms with Gasteiger partial charge < -0.3 is 9.55 Å². The molecule has 0 atom stereocenters. The molecule has 3 heterocycles. The first-order valence-corrected chi connectivity index (χ1v) is 6.89. The van der Waals surface area contributed by atoms with Crippen molar-refractivity contribution < 1.29 is 4.79 Å². The highest BCUT2D eigenvalue weighted by Crippen LogP contribution is 2.16. The summed E-state index contributed by atoms with van der Waals surface area (Å²) in [6.45, 7) is 5.04. The van der Waals surface area contributed by atoms with Crippen LogP contribution in [-0.2, 0) is 6.54 Å². The number of H-pyrrole nitrogens is 1. The molecule has 21 heavy (non-hydrogen) atoms. The number of pyridine rings is 1. The Kier molecular flexibility index (Phi) is 3.43. The quantitative estimate of drug-likeness (QED) is 0.773. The molecule has 108 valence electrons. The molecule has 0 aliphatic rings. The number of imidazole rings is 1. The van der Waals surface area contributed by atoms with Gasteiger partial charge in [0.25, 0.3) is 5.91 Å². The molecular formula is C15H17N5O. The van der Waals surface area contributed by atoms with Crippen LogP contribution in [0.5, 0.6) is 0 Å². The van der Waals surface area contributed by atoms with Gasteiger partial charge in [0.1, 0.15) is 5.69 Å². The summed E-state index contributed by atoms with van der Waals surface area (Å²) in [6.07, 6.45) is 6.96. The Balaban J connectivity index is 1.87. The lowest BCUT2D eigenvalue weighted by atomic mass is 10.2. The molecule has 0 bridgehead atoms. The summed E-state index contributed by atoms with van der Waals surface area (Å²) >= 11 is 0. The Labute approximate surface area is 122 Å². The largest absolute Gasteiger partial charge is 0.361 e. The lowest BCUT2D eigenvalue weighted by Gasteiger charge is -2.11. The van der Waals surface area contributed by atoms with E-state index in [-0.39, 0.29) is 5.91 Å². The Morgan fingerprint density at radius 3 is 3.00 bits per heavy atom. The lowest BCUT2D eigenvalue weighted by molar-refractivity contribution is 0.102. The van der Waals surface area contributed by atoms with Crippen LogP contribution in [-0.4, -0.2) is 25.4 Å². The van der Waals surface area contributed by atoms with E-state index >= 15 is 0 Å². The monoisotopic (exact) mass is 283 g/mol. The number of anilines is 1. The molecule has 0 radical (unpaired) electrons. The molecule has 3 aromatic heterocycles. The van der Waals surface area contributed by atoms with Crippen molar-refractivity contribution in [1.29, 1.82) is 0 Å². The van der Waals surface area contributed by atoms with Crippen LogP contribution in [0.2, 0.25) is 0 Å². The predicted octanol–water partition coefficient (Wildman–Crippen LogP) is 2.67. The Hall–Kier alpha value is -2.63. The molecule has 0 aliphatic heterocycles. The fourth-order valence-electron chi connectivity index (χ4n) is 2.30. The Morgan fingerprint density at radius 1 is 1.33 bits per heavy atom. The van der Waals surface area contributed by atoms with Crippen molar-refractivity contribution in [3.05, 3.63) is 42.6 Å². The first kappa shape index (κ1) is 13.4. The van der Waals surface area contributed by atoms with Gasteiger partial charge in [-0.3, -0.25) is 15.1 Å². The van der Waals surface area contributed by atoms with E-state index in [1.165, 1.54) is 0 Å². The van der Waals surface area contributed by atoms with Crippen LogP contribution in [0.4, 0.5) is 5.95 Å². The molecule has 0 saturated carbocycles. The number of fused-ring (bicyclic) bond motifs is 1. The van der Waals surface area contributed by atoms with Crippen molar-refractivity contribution in [2.24, 2.45) is 5.92 Å². The van der Waals surface area contributed by atoms with Gasteiger partial charge in [0, 0.05) is 42.2 Å². The summed E-state index contributed by atoms with van der Waals surface area (Å²) in [4.78, 5) is 23.9. The van der Waals surface area contributed by atoms with E-state index in [1.807, 2.05) is 22.9 Å². The molecule has 0 unspecified atom stereocenters. The van der Waals surface area contributed by atoms with Crippen LogP contribution in [0, 0.1) is 5.92 Å². The zero-order valence-corrected chi connectivity index (χ0v) is 12.0. The highest BCUT2D eigenvalue weighted by molar-refractivity contribution is 6.10. The number of rotatable bonds is 4. The molecule has 6 heteroatoms. The van der Waals surface area contributed by atoms with Crippen LogP contribution in [0.25, 0.3) is 10.9 Å².